The molecule has 0 radical (unpaired) electrons. The Kier molecular flexibility index (Phi) is 5.63. The number of hydrogen-bond acceptors (Lipinski definition) is 3. The minimum Gasteiger partial charge on any atom is -0.347 e. The Morgan fingerprint density at radius 1 is 1.23 bits per heavy atom. The second-order valence-electron chi connectivity index (χ2n) is 7.43. The molecule has 1 aromatic heterocycles. The number of halogens is 3. The minimum atomic E-state index is -3.56. The van der Waals surface area contributed by atoms with E-state index in [1.807, 2.05) is 0 Å². The normalized spacial score (nSPS) is 12.4. The fourth-order valence-electron chi connectivity index (χ4n) is 2.60. The first-order valence-electron chi connectivity index (χ1n) is 7.86. The van der Waals surface area contributed by atoms with E-state index in [9.17, 15) is 22.0 Å². The molecule has 0 aliphatic heterocycles. The molecule has 0 atom stereocenters. The van der Waals surface area contributed by atoms with Gasteiger partial charge in [0.1, 0.15) is 16.7 Å². The Labute approximate surface area is 156 Å². The molecule has 0 saturated heterocycles. The first-order chi connectivity index (χ1) is 11.8. The van der Waals surface area contributed by atoms with Gasteiger partial charge in [-0.25, -0.2) is 17.2 Å². The molecule has 0 bridgehead atoms. The Bertz CT molecular complexity index is 960. The molecular weight excluding hydrogens is 384 g/mol. The van der Waals surface area contributed by atoms with Crippen LogP contribution in [0.5, 0.6) is 0 Å². The molecule has 0 spiro atoms. The molecule has 0 N–H and O–H groups in total. The third kappa shape index (κ3) is 4.51. The van der Waals surface area contributed by atoms with E-state index in [4.69, 9.17) is 11.6 Å². The zero-order chi connectivity index (χ0) is 19.9. The highest BCUT2D eigenvalue weighted by atomic mass is 35.5. The van der Waals surface area contributed by atoms with Crippen molar-refractivity contribution in [3.05, 3.63) is 52.3 Å². The van der Waals surface area contributed by atoms with Crippen LogP contribution in [0.15, 0.2) is 29.3 Å². The third-order valence-corrected chi connectivity index (χ3v) is 6.25. The number of carbonyl (C=O) groups excluding carboxylic acids is 1. The van der Waals surface area contributed by atoms with Gasteiger partial charge in [-0.1, -0.05) is 38.4 Å². The Morgan fingerprint density at radius 3 is 2.42 bits per heavy atom. The van der Waals surface area contributed by atoms with E-state index in [1.165, 1.54) is 23.9 Å². The SMILES string of the molecule is Cn1cc(S(=O)(=O)CC(C)(C)C)cc1C(=O)Cc1ccc(F)c(Cl)c1F. The van der Waals surface area contributed by atoms with Gasteiger partial charge in [0.25, 0.3) is 0 Å². The summed E-state index contributed by atoms with van der Waals surface area (Å²) in [7, 11) is -2.03. The van der Waals surface area contributed by atoms with E-state index in [0.717, 1.165) is 12.1 Å². The van der Waals surface area contributed by atoms with E-state index in [-0.39, 0.29) is 28.3 Å². The van der Waals surface area contributed by atoms with Gasteiger partial charge in [0, 0.05) is 19.7 Å². The maximum absolute atomic E-state index is 14.0. The van der Waals surface area contributed by atoms with Gasteiger partial charge < -0.3 is 4.57 Å². The smallest absolute Gasteiger partial charge is 0.183 e. The summed E-state index contributed by atoms with van der Waals surface area (Å²) in [5, 5.41) is -0.671. The highest BCUT2D eigenvalue weighted by Gasteiger charge is 2.26. The van der Waals surface area contributed by atoms with Gasteiger partial charge in [0.15, 0.2) is 15.6 Å². The molecule has 2 aromatic rings. The highest BCUT2D eigenvalue weighted by Crippen LogP contribution is 2.25. The number of ketones is 1. The standard InChI is InChI=1S/C18H20ClF2NO3S/c1-18(2,3)10-26(24,25)12-8-14(22(4)9-12)15(23)7-11-5-6-13(20)16(19)17(11)21/h5-6,8-9H,7,10H2,1-4H3. The van der Waals surface area contributed by atoms with Crippen LogP contribution in [0, 0.1) is 17.0 Å². The molecule has 0 aliphatic rings. The number of carbonyl (C=O) groups is 1. The Balaban J connectivity index is 2.32. The van der Waals surface area contributed by atoms with Crippen molar-refractivity contribution in [2.24, 2.45) is 12.5 Å². The number of benzene rings is 1. The lowest BCUT2D eigenvalue weighted by molar-refractivity contribution is 0.0984. The molecule has 1 heterocycles. The van der Waals surface area contributed by atoms with Gasteiger partial charge in [-0.05, 0) is 23.1 Å². The summed E-state index contributed by atoms with van der Waals surface area (Å²) in [6, 6.07) is 3.42. The van der Waals surface area contributed by atoms with E-state index in [2.05, 4.69) is 0 Å². The molecule has 4 nitrogen and oxygen atoms in total. The molecule has 0 amide bonds. The highest BCUT2D eigenvalue weighted by molar-refractivity contribution is 7.91. The molecule has 8 heteroatoms. The van der Waals surface area contributed by atoms with Gasteiger partial charge >= 0.3 is 0 Å². The number of hydrogen-bond donors (Lipinski definition) is 0. The number of Topliss-reactive ketones (excluding diaryl/α,β-unsaturated/α-hetero) is 1. The molecule has 0 saturated carbocycles. The molecule has 2 rings (SSSR count). The fourth-order valence-corrected chi connectivity index (χ4v) is 4.70. The summed E-state index contributed by atoms with van der Waals surface area (Å²) in [4.78, 5) is 12.5. The van der Waals surface area contributed by atoms with Crippen molar-refractivity contribution < 1.29 is 22.0 Å². The zero-order valence-corrected chi connectivity index (χ0v) is 16.5. The van der Waals surface area contributed by atoms with Crippen molar-refractivity contribution in [2.45, 2.75) is 32.1 Å². The van der Waals surface area contributed by atoms with Crippen molar-refractivity contribution in [2.75, 3.05) is 5.75 Å². The lowest BCUT2D eigenvalue weighted by Gasteiger charge is -2.17. The largest absolute Gasteiger partial charge is 0.347 e. The molecule has 0 aliphatic carbocycles. The van der Waals surface area contributed by atoms with Gasteiger partial charge in [0.05, 0.1) is 16.3 Å². The lowest BCUT2D eigenvalue weighted by atomic mass is 10.0. The molecule has 26 heavy (non-hydrogen) atoms. The molecule has 1 aromatic carbocycles. The predicted octanol–water partition coefficient (Wildman–Crippen LogP) is 4.20. The van der Waals surface area contributed by atoms with Gasteiger partial charge in [-0.2, -0.15) is 0 Å². The maximum Gasteiger partial charge on any atom is 0.183 e. The van der Waals surface area contributed by atoms with Crippen LogP contribution in [-0.2, 0) is 23.3 Å². The summed E-state index contributed by atoms with van der Waals surface area (Å²) in [5.41, 5.74) is -0.369. The number of sulfone groups is 1. The number of aryl methyl sites for hydroxylation is 1. The summed E-state index contributed by atoms with van der Waals surface area (Å²) < 4.78 is 53.6. The van der Waals surface area contributed by atoms with Crippen LogP contribution < -0.4 is 0 Å². The van der Waals surface area contributed by atoms with Gasteiger partial charge in [0.2, 0.25) is 0 Å². The van der Waals surface area contributed by atoms with Crippen molar-refractivity contribution in [1.29, 1.82) is 0 Å². The Hall–Kier alpha value is -1.73. The van der Waals surface area contributed by atoms with Crippen LogP contribution in [0.2, 0.25) is 5.02 Å². The van der Waals surface area contributed by atoms with Crippen LogP contribution in [0.4, 0.5) is 8.78 Å². The van der Waals surface area contributed by atoms with E-state index in [1.54, 1.807) is 20.8 Å². The van der Waals surface area contributed by atoms with Crippen LogP contribution >= 0.6 is 11.6 Å². The molecule has 142 valence electrons. The third-order valence-electron chi connectivity index (χ3n) is 3.71. The summed E-state index contributed by atoms with van der Waals surface area (Å²) in [6.45, 7) is 5.42. The zero-order valence-electron chi connectivity index (χ0n) is 14.9. The number of nitrogens with zero attached hydrogens (tertiary/aromatic N) is 1. The topological polar surface area (TPSA) is 56.1 Å². The van der Waals surface area contributed by atoms with Crippen molar-refractivity contribution >= 4 is 27.2 Å². The monoisotopic (exact) mass is 403 g/mol. The molecule has 0 unspecified atom stereocenters. The number of aromatic nitrogens is 1. The van der Waals surface area contributed by atoms with Crippen LogP contribution in [0.1, 0.15) is 36.8 Å². The molecule has 0 fully saturated rings. The van der Waals surface area contributed by atoms with E-state index >= 15 is 0 Å². The van der Waals surface area contributed by atoms with E-state index < -0.39 is 37.7 Å². The van der Waals surface area contributed by atoms with Crippen LogP contribution in [-0.4, -0.2) is 24.5 Å². The van der Waals surface area contributed by atoms with Gasteiger partial charge in [-0.15, -0.1) is 0 Å². The Morgan fingerprint density at radius 2 is 1.85 bits per heavy atom. The maximum atomic E-state index is 14.0. The van der Waals surface area contributed by atoms with Crippen LogP contribution in [0.3, 0.4) is 0 Å². The fraction of sp³-hybridized carbons (Fsp3) is 0.389. The second-order valence-corrected chi connectivity index (χ2v) is 9.79. The van der Waals surface area contributed by atoms with Crippen LogP contribution in [0.25, 0.3) is 0 Å². The average Bonchev–Trinajstić information content (AvgIpc) is 2.88. The predicted molar refractivity (Wildman–Crippen MR) is 96.3 cm³/mol. The minimum absolute atomic E-state index is 0.0379. The van der Waals surface area contributed by atoms with Gasteiger partial charge in [-0.3, -0.25) is 4.79 Å². The lowest BCUT2D eigenvalue weighted by Crippen LogP contribution is -2.20. The second kappa shape index (κ2) is 7.12. The number of rotatable bonds is 5. The summed E-state index contributed by atoms with van der Waals surface area (Å²) in [6.07, 6.45) is 1.00. The van der Waals surface area contributed by atoms with E-state index in [0.29, 0.717) is 0 Å². The summed E-state index contributed by atoms with van der Waals surface area (Å²) >= 11 is 5.52. The first kappa shape index (κ1) is 20.6. The summed E-state index contributed by atoms with van der Waals surface area (Å²) in [5.74, 6) is -2.46. The quantitative estimate of drug-likeness (QED) is 0.555. The van der Waals surface area contributed by atoms with Crippen molar-refractivity contribution in [1.82, 2.24) is 4.57 Å². The molecular formula is C18H20ClF2NO3S. The first-order valence-corrected chi connectivity index (χ1v) is 9.89. The van der Waals surface area contributed by atoms with Crippen molar-refractivity contribution in [3.8, 4) is 0 Å². The van der Waals surface area contributed by atoms with Crippen molar-refractivity contribution in [3.63, 3.8) is 0 Å². The average molecular weight is 404 g/mol.